The highest BCUT2D eigenvalue weighted by atomic mass is 16.6. The van der Waals surface area contributed by atoms with Crippen molar-refractivity contribution in [1.29, 1.82) is 0 Å². The highest BCUT2D eigenvalue weighted by molar-refractivity contribution is 5.92. The molecule has 0 aliphatic carbocycles. The van der Waals surface area contributed by atoms with Gasteiger partial charge in [-0.05, 0) is 80.1 Å². The van der Waals surface area contributed by atoms with E-state index in [9.17, 15) is 4.79 Å². The number of nitrogens with zero attached hydrogens (tertiary/aromatic N) is 4. The van der Waals surface area contributed by atoms with Crippen molar-refractivity contribution in [3.63, 3.8) is 0 Å². The summed E-state index contributed by atoms with van der Waals surface area (Å²) >= 11 is 0. The van der Waals surface area contributed by atoms with E-state index in [0.29, 0.717) is 31.0 Å². The van der Waals surface area contributed by atoms with Crippen molar-refractivity contribution in [2.75, 3.05) is 32.9 Å². The fraction of sp³-hybridized carbons (Fsp3) is 0.382. The number of para-hydroxylation sites is 1. The first kappa shape index (κ1) is 28.9. The fourth-order valence-corrected chi connectivity index (χ4v) is 5.73. The monoisotopic (exact) mass is 582 g/mol. The molecule has 1 atom stereocenters. The number of aromatic nitrogens is 3. The van der Waals surface area contributed by atoms with Crippen LogP contribution in [0.2, 0.25) is 0 Å². The van der Waals surface area contributed by atoms with Crippen LogP contribution in [0.15, 0.2) is 54.7 Å². The van der Waals surface area contributed by atoms with Gasteiger partial charge in [-0.1, -0.05) is 30.3 Å². The molecule has 9 nitrogen and oxygen atoms in total. The molecule has 4 heterocycles. The number of fused-ring (bicyclic) bond motifs is 1. The van der Waals surface area contributed by atoms with Crippen LogP contribution in [0.3, 0.4) is 0 Å². The van der Waals surface area contributed by atoms with E-state index in [0.717, 1.165) is 55.2 Å². The number of carbonyl (C=O) groups excluding carboxylic acids is 1. The number of carbonyl (C=O) groups is 1. The maximum absolute atomic E-state index is 12.5. The lowest BCUT2D eigenvalue weighted by Crippen LogP contribution is -2.34. The van der Waals surface area contributed by atoms with Crippen LogP contribution in [0.25, 0.3) is 17.1 Å². The van der Waals surface area contributed by atoms with E-state index < -0.39 is 5.97 Å². The molecule has 0 spiro atoms. The van der Waals surface area contributed by atoms with Gasteiger partial charge < -0.3 is 18.9 Å². The third-order valence-corrected chi connectivity index (χ3v) is 8.06. The predicted molar refractivity (Wildman–Crippen MR) is 163 cm³/mol. The van der Waals surface area contributed by atoms with Gasteiger partial charge in [-0.3, -0.25) is 4.90 Å². The van der Waals surface area contributed by atoms with Crippen LogP contribution in [0.4, 0.5) is 0 Å². The van der Waals surface area contributed by atoms with Crippen molar-refractivity contribution in [3.05, 3.63) is 88.1 Å². The summed E-state index contributed by atoms with van der Waals surface area (Å²) < 4.78 is 24.5. The molecule has 0 saturated carbocycles. The average Bonchev–Trinajstić information content (AvgIpc) is 3.73. The molecule has 0 unspecified atom stereocenters. The molecule has 6 rings (SSSR count). The lowest BCUT2D eigenvalue weighted by atomic mass is 9.92. The highest BCUT2D eigenvalue weighted by Crippen LogP contribution is 2.34. The van der Waals surface area contributed by atoms with Crippen LogP contribution in [-0.4, -0.2) is 64.6 Å². The highest BCUT2D eigenvalue weighted by Gasteiger charge is 2.28. The number of esters is 1. The van der Waals surface area contributed by atoms with Gasteiger partial charge in [0.15, 0.2) is 5.82 Å². The Labute approximate surface area is 252 Å². The number of epoxide rings is 1. The third kappa shape index (κ3) is 6.14. The minimum Gasteiger partial charge on any atom is -0.488 e. The molecule has 2 aromatic heterocycles. The summed E-state index contributed by atoms with van der Waals surface area (Å²) in [5.74, 6) is 1.14. The summed E-state index contributed by atoms with van der Waals surface area (Å²) in [6.07, 6.45) is 2.92. The fourth-order valence-electron chi connectivity index (χ4n) is 5.73. The number of hydrogen-bond acceptors (Lipinski definition) is 8. The Morgan fingerprint density at radius 2 is 1.88 bits per heavy atom. The summed E-state index contributed by atoms with van der Waals surface area (Å²) in [4.78, 5) is 19.9. The molecule has 0 radical (unpaired) electrons. The first-order chi connectivity index (χ1) is 21.0. The smallest absolute Gasteiger partial charge is 0.345 e. The maximum Gasteiger partial charge on any atom is 0.345 e. The normalized spacial score (nSPS) is 16.0. The molecule has 4 aromatic rings. The number of pyridine rings is 1. The molecule has 43 heavy (non-hydrogen) atoms. The van der Waals surface area contributed by atoms with Crippen LogP contribution in [-0.2, 0) is 29.0 Å². The second-order valence-electron chi connectivity index (χ2n) is 11.0. The molecule has 1 fully saturated rings. The minimum absolute atomic E-state index is 0.263. The largest absolute Gasteiger partial charge is 0.488 e. The van der Waals surface area contributed by atoms with Gasteiger partial charge in [-0.15, -0.1) is 0 Å². The van der Waals surface area contributed by atoms with Gasteiger partial charge in [0.1, 0.15) is 17.9 Å². The number of benzene rings is 2. The van der Waals surface area contributed by atoms with Crippen molar-refractivity contribution in [2.24, 2.45) is 0 Å². The van der Waals surface area contributed by atoms with E-state index in [1.54, 1.807) is 6.92 Å². The number of aryl methyl sites for hydroxylation is 1. The van der Waals surface area contributed by atoms with E-state index in [4.69, 9.17) is 23.9 Å². The minimum atomic E-state index is -0.481. The van der Waals surface area contributed by atoms with Crippen molar-refractivity contribution >= 4 is 5.97 Å². The third-order valence-electron chi connectivity index (χ3n) is 8.06. The Bertz CT molecular complexity index is 1630. The maximum atomic E-state index is 12.5. The first-order valence-electron chi connectivity index (χ1n) is 15.0. The second kappa shape index (κ2) is 12.6. The Hall–Kier alpha value is -4.21. The lowest BCUT2D eigenvalue weighted by molar-refractivity contribution is 0.0521. The average molecular weight is 583 g/mol. The molecule has 9 heteroatoms. The first-order valence-corrected chi connectivity index (χ1v) is 15.0. The van der Waals surface area contributed by atoms with Gasteiger partial charge >= 0.3 is 5.97 Å². The molecule has 2 aromatic carbocycles. The summed E-state index contributed by atoms with van der Waals surface area (Å²) in [5, 5.41) is 4.41. The van der Waals surface area contributed by atoms with Crippen LogP contribution < -0.4 is 9.47 Å². The SMILES string of the molecule is CCOC(=O)c1cnn(-c2cccc(-c3cccc(C)c3OCc3ccc4c(c3C)CCN(C[C@H]3CO3)C4)n2)c1OCC. The van der Waals surface area contributed by atoms with Crippen LogP contribution in [0.1, 0.15) is 52.0 Å². The number of ether oxygens (including phenoxy) is 4. The van der Waals surface area contributed by atoms with E-state index in [-0.39, 0.29) is 12.2 Å². The molecular weight excluding hydrogens is 544 g/mol. The summed E-state index contributed by atoms with van der Waals surface area (Å²) in [7, 11) is 0. The van der Waals surface area contributed by atoms with Gasteiger partial charge in [-0.2, -0.15) is 9.78 Å². The van der Waals surface area contributed by atoms with Crippen LogP contribution >= 0.6 is 0 Å². The predicted octanol–water partition coefficient (Wildman–Crippen LogP) is 5.46. The molecule has 2 aliphatic heterocycles. The zero-order valence-corrected chi connectivity index (χ0v) is 25.3. The summed E-state index contributed by atoms with van der Waals surface area (Å²) in [6, 6.07) is 16.2. The number of hydrogen-bond donors (Lipinski definition) is 0. The van der Waals surface area contributed by atoms with Gasteiger partial charge in [0, 0.05) is 25.2 Å². The molecule has 0 N–H and O–H groups in total. The zero-order chi connectivity index (χ0) is 29.9. The van der Waals surface area contributed by atoms with E-state index in [1.165, 1.54) is 33.1 Å². The van der Waals surface area contributed by atoms with Crippen LogP contribution in [0.5, 0.6) is 11.6 Å². The van der Waals surface area contributed by atoms with E-state index in [2.05, 4.69) is 29.1 Å². The Morgan fingerprint density at radius 3 is 2.67 bits per heavy atom. The molecule has 0 bridgehead atoms. The van der Waals surface area contributed by atoms with E-state index >= 15 is 0 Å². The van der Waals surface area contributed by atoms with Crippen molar-refractivity contribution in [2.45, 2.75) is 53.4 Å². The van der Waals surface area contributed by atoms with Crippen molar-refractivity contribution in [1.82, 2.24) is 19.7 Å². The van der Waals surface area contributed by atoms with Gasteiger partial charge in [0.05, 0.1) is 37.8 Å². The summed E-state index contributed by atoms with van der Waals surface area (Å²) in [5.41, 5.74) is 8.26. The standard InChI is InChI=1S/C34H38N4O5/c1-5-40-33-29(34(39)41-6-2)17-35-38(33)31-12-8-11-30(36-31)28-10-7-9-22(3)32(28)43-20-25-14-13-24-18-37(19-26-21-42-26)16-15-27(24)23(25)4/h7-14,17,26H,5-6,15-16,18-21H2,1-4H3/t26-/m0/s1. The zero-order valence-electron chi connectivity index (χ0n) is 25.3. The van der Waals surface area contributed by atoms with Gasteiger partial charge in [0.25, 0.3) is 0 Å². The quantitative estimate of drug-likeness (QED) is 0.170. The van der Waals surface area contributed by atoms with E-state index in [1.807, 2.05) is 50.2 Å². The Kier molecular flexibility index (Phi) is 8.44. The van der Waals surface area contributed by atoms with Gasteiger partial charge in [-0.25, -0.2) is 9.78 Å². The summed E-state index contributed by atoms with van der Waals surface area (Å²) in [6.45, 7) is 12.9. The lowest BCUT2D eigenvalue weighted by Gasteiger charge is -2.30. The topological polar surface area (TPSA) is 91.2 Å². The molecular formula is C34H38N4O5. The molecule has 1 saturated heterocycles. The van der Waals surface area contributed by atoms with Crippen molar-refractivity contribution in [3.8, 4) is 28.7 Å². The van der Waals surface area contributed by atoms with Crippen molar-refractivity contribution < 1.29 is 23.7 Å². The Balaban J connectivity index is 1.25. The van der Waals surface area contributed by atoms with Crippen LogP contribution in [0, 0.1) is 13.8 Å². The molecule has 0 amide bonds. The number of rotatable bonds is 11. The van der Waals surface area contributed by atoms with Gasteiger partial charge in [0.2, 0.25) is 5.88 Å². The second-order valence-corrected chi connectivity index (χ2v) is 11.0. The molecule has 2 aliphatic rings. The Morgan fingerprint density at radius 1 is 1.05 bits per heavy atom. The molecule has 224 valence electrons.